The highest BCUT2D eigenvalue weighted by molar-refractivity contribution is 5.39. The van der Waals surface area contributed by atoms with Gasteiger partial charge in [-0.15, -0.1) is 0 Å². The Hall–Kier alpha value is -1.75. The summed E-state index contributed by atoms with van der Waals surface area (Å²) in [7, 11) is 0. The molecule has 94 valence electrons. The van der Waals surface area contributed by atoms with Crippen molar-refractivity contribution in [3.63, 3.8) is 0 Å². The summed E-state index contributed by atoms with van der Waals surface area (Å²) < 4.78 is 28.1. The molecule has 3 nitrogen and oxygen atoms in total. The lowest BCUT2D eigenvalue weighted by atomic mass is 10.2. The lowest BCUT2D eigenvalue weighted by Crippen LogP contribution is -2.05. The summed E-state index contributed by atoms with van der Waals surface area (Å²) in [5, 5.41) is 13.4. The zero-order valence-corrected chi connectivity index (χ0v) is 9.61. The Morgan fingerprint density at radius 1 is 1.33 bits per heavy atom. The van der Waals surface area contributed by atoms with Crippen molar-refractivity contribution in [1.29, 1.82) is 0 Å². The van der Waals surface area contributed by atoms with Crippen molar-refractivity contribution in [2.75, 3.05) is 0 Å². The van der Waals surface area contributed by atoms with Crippen LogP contribution in [-0.4, -0.2) is 14.9 Å². The fraction of sp³-hybridized carbons (Fsp3) is 0.308. The molecule has 5 heteroatoms. The molecule has 18 heavy (non-hydrogen) atoms. The van der Waals surface area contributed by atoms with Crippen LogP contribution >= 0.6 is 0 Å². The van der Waals surface area contributed by atoms with Gasteiger partial charge in [0.2, 0.25) is 0 Å². The molecule has 1 aromatic heterocycles. The second-order valence-electron chi connectivity index (χ2n) is 4.49. The number of nitrogens with zero attached hydrogens (tertiary/aromatic N) is 2. The van der Waals surface area contributed by atoms with Crippen LogP contribution in [0.5, 0.6) is 0 Å². The molecular formula is C13H12F2N2O. The number of benzene rings is 1. The van der Waals surface area contributed by atoms with Crippen LogP contribution in [0.4, 0.5) is 8.78 Å². The third-order valence-electron chi connectivity index (χ3n) is 3.16. The molecule has 2 aromatic rings. The number of aromatic nitrogens is 2. The molecule has 0 unspecified atom stereocenters. The van der Waals surface area contributed by atoms with Gasteiger partial charge in [-0.2, -0.15) is 5.10 Å². The van der Waals surface area contributed by atoms with Crippen molar-refractivity contribution < 1.29 is 13.9 Å². The average molecular weight is 250 g/mol. The lowest BCUT2D eigenvalue weighted by Gasteiger charge is -2.09. The Bertz CT molecular complexity index is 591. The molecule has 0 radical (unpaired) electrons. The Morgan fingerprint density at radius 2 is 2.11 bits per heavy atom. The predicted octanol–water partition coefficient (Wildman–Crippen LogP) is 2.52. The van der Waals surface area contributed by atoms with Crippen molar-refractivity contribution in [2.24, 2.45) is 0 Å². The maximum atomic E-state index is 13.7. The standard InChI is InChI=1S/C13H12F2N2O/c14-10-3-4-12(11(15)5-10)17-13(8-1-2-8)9(7-18)6-16-17/h3-6,8,18H,1-2,7H2. The van der Waals surface area contributed by atoms with E-state index in [0.29, 0.717) is 11.5 Å². The average Bonchev–Trinajstić information content (AvgIpc) is 3.09. The molecule has 1 aromatic carbocycles. The van der Waals surface area contributed by atoms with Gasteiger partial charge >= 0.3 is 0 Å². The molecule has 1 saturated carbocycles. The van der Waals surface area contributed by atoms with Gasteiger partial charge in [-0.1, -0.05) is 0 Å². The minimum Gasteiger partial charge on any atom is -0.392 e. The quantitative estimate of drug-likeness (QED) is 0.909. The van der Waals surface area contributed by atoms with E-state index in [2.05, 4.69) is 5.10 Å². The summed E-state index contributed by atoms with van der Waals surface area (Å²) in [6.07, 6.45) is 3.57. The Labute approximate surface area is 103 Å². The molecule has 0 spiro atoms. The van der Waals surface area contributed by atoms with Crippen LogP contribution in [-0.2, 0) is 6.61 Å². The molecule has 0 aliphatic heterocycles. The van der Waals surface area contributed by atoms with Gasteiger partial charge in [-0.3, -0.25) is 0 Å². The first-order chi connectivity index (χ1) is 8.70. The third kappa shape index (κ3) is 1.80. The van der Waals surface area contributed by atoms with E-state index in [4.69, 9.17) is 0 Å². The SMILES string of the molecule is OCc1cnn(-c2ccc(F)cc2F)c1C1CC1. The predicted molar refractivity (Wildman–Crippen MR) is 61.4 cm³/mol. The van der Waals surface area contributed by atoms with Crippen molar-refractivity contribution in [3.8, 4) is 5.69 Å². The fourth-order valence-corrected chi connectivity index (χ4v) is 2.15. The van der Waals surface area contributed by atoms with Gasteiger partial charge in [0.1, 0.15) is 11.5 Å². The second kappa shape index (κ2) is 4.17. The van der Waals surface area contributed by atoms with Gasteiger partial charge in [-0.25, -0.2) is 13.5 Å². The van der Waals surface area contributed by atoms with E-state index in [1.165, 1.54) is 23.0 Å². The molecule has 1 aliphatic carbocycles. The molecule has 0 saturated heterocycles. The Morgan fingerprint density at radius 3 is 2.72 bits per heavy atom. The molecule has 0 amide bonds. The first-order valence-corrected chi connectivity index (χ1v) is 5.84. The maximum absolute atomic E-state index is 13.7. The molecule has 1 heterocycles. The van der Waals surface area contributed by atoms with E-state index in [1.807, 2.05) is 0 Å². The topological polar surface area (TPSA) is 38.1 Å². The summed E-state index contributed by atoms with van der Waals surface area (Å²) >= 11 is 0. The monoisotopic (exact) mass is 250 g/mol. The summed E-state index contributed by atoms with van der Waals surface area (Å²) in [6, 6.07) is 3.41. The van der Waals surface area contributed by atoms with Crippen LogP contribution in [0, 0.1) is 11.6 Å². The minimum absolute atomic E-state index is 0.116. The van der Waals surface area contributed by atoms with E-state index in [0.717, 1.165) is 24.6 Å². The number of halogens is 2. The molecule has 1 aliphatic rings. The van der Waals surface area contributed by atoms with Crippen molar-refractivity contribution in [2.45, 2.75) is 25.4 Å². The van der Waals surface area contributed by atoms with Crippen LogP contribution in [0.2, 0.25) is 0 Å². The van der Waals surface area contributed by atoms with Gasteiger partial charge in [-0.05, 0) is 25.0 Å². The molecule has 3 rings (SSSR count). The highest BCUT2D eigenvalue weighted by Crippen LogP contribution is 2.42. The van der Waals surface area contributed by atoms with Crippen LogP contribution in [0.3, 0.4) is 0 Å². The van der Waals surface area contributed by atoms with Crippen LogP contribution in [0.25, 0.3) is 5.69 Å². The fourth-order valence-electron chi connectivity index (χ4n) is 2.15. The minimum atomic E-state index is -0.649. The Balaban J connectivity index is 2.13. The highest BCUT2D eigenvalue weighted by Gasteiger charge is 2.31. The van der Waals surface area contributed by atoms with E-state index >= 15 is 0 Å². The van der Waals surface area contributed by atoms with Gasteiger partial charge in [0.15, 0.2) is 5.82 Å². The first kappa shape index (κ1) is 11.3. The Kier molecular flexibility index (Phi) is 2.63. The number of aliphatic hydroxyl groups excluding tert-OH is 1. The van der Waals surface area contributed by atoms with Crippen LogP contribution in [0.15, 0.2) is 24.4 Å². The van der Waals surface area contributed by atoms with Gasteiger partial charge < -0.3 is 5.11 Å². The van der Waals surface area contributed by atoms with Gasteiger partial charge in [0.25, 0.3) is 0 Å². The van der Waals surface area contributed by atoms with E-state index in [9.17, 15) is 13.9 Å². The number of rotatable bonds is 3. The summed E-state index contributed by atoms with van der Waals surface area (Å²) in [5.74, 6) is -0.942. The summed E-state index contributed by atoms with van der Waals surface area (Å²) in [4.78, 5) is 0. The van der Waals surface area contributed by atoms with E-state index in [-0.39, 0.29) is 12.3 Å². The smallest absolute Gasteiger partial charge is 0.151 e. The number of hydrogen-bond acceptors (Lipinski definition) is 2. The van der Waals surface area contributed by atoms with Crippen molar-refractivity contribution in [1.82, 2.24) is 9.78 Å². The second-order valence-corrected chi connectivity index (χ2v) is 4.49. The zero-order valence-electron chi connectivity index (χ0n) is 9.61. The molecule has 1 fully saturated rings. The largest absolute Gasteiger partial charge is 0.392 e. The normalized spacial score (nSPS) is 15.1. The van der Waals surface area contributed by atoms with Crippen LogP contribution in [0.1, 0.15) is 30.0 Å². The summed E-state index contributed by atoms with van der Waals surface area (Å²) in [6.45, 7) is -0.116. The summed E-state index contributed by atoms with van der Waals surface area (Å²) in [5.41, 5.74) is 1.77. The maximum Gasteiger partial charge on any atom is 0.151 e. The molecule has 1 N–H and O–H groups in total. The van der Waals surface area contributed by atoms with Crippen molar-refractivity contribution >= 4 is 0 Å². The number of aliphatic hydroxyl groups is 1. The van der Waals surface area contributed by atoms with Crippen molar-refractivity contribution in [3.05, 3.63) is 47.3 Å². The third-order valence-corrected chi connectivity index (χ3v) is 3.16. The zero-order chi connectivity index (χ0) is 12.7. The van der Waals surface area contributed by atoms with Gasteiger partial charge in [0.05, 0.1) is 18.5 Å². The van der Waals surface area contributed by atoms with Crippen LogP contribution < -0.4 is 0 Å². The molecule has 0 atom stereocenters. The highest BCUT2D eigenvalue weighted by atomic mass is 19.1. The molecule has 0 bridgehead atoms. The first-order valence-electron chi connectivity index (χ1n) is 5.84. The lowest BCUT2D eigenvalue weighted by molar-refractivity contribution is 0.280. The van der Waals surface area contributed by atoms with Gasteiger partial charge in [0, 0.05) is 17.5 Å². The van der Waals surface area contributed by atoms with E-state index < -0.39 is 11.6 Å². The van der Waals surface area contributed by atoms with E-state index in [1.54, 1.807) is 0 Å². The molecular weight excluding hydrogens is 238 g/mol. The number of hydrogen-bond donors (Lipinski definition) is 1.